The molecule has 22 heavy (non-hydrogen) atoms. The summed E-state index contributed by atoms with van der Waals surface area (Å²) in [5, 5.41) is 7.57. The van der Waals surface area contributed by atoms with Crippen LogP contribution in [0.1, 0.15) is 17.9 Å². The standard InChI is InChI=1S/C14H22N4O3S/c1-11-8-12(16-21-11)10-17-4-3-5-18(7-6-17)14(22)15-9-13(19)20-2/h8H,3-7,9-10H2,1-2H3,(H,15,22). The van der Waals surface area contributed by atoms with Crippen LogP contribution in [0.2, 0.25) is 0 Å². The first kappa shape index (κ1) is 16.7. The molecule has 2 heterocycles. The zero-order valence-electron chi connectivity index (χ0n) is 13.0. The lowest BCUT2D eigenvalue weighted by molar-refractivity contribution is -0.139. The van der Waals surface area contributed by atoms with Gasteiger partial charge in [-0.25, -0.2) is 0 Å². The van der Waals surface area contributed by atoms with Crippen LogP contribution in [0.25, 0.3) is 0 Å². The van der Waals surface area contributed by atoms with Gasteiger partial charge in [0.2, 0.25) is 0 Å². The van der Waals surface area contributed by atoms with Gasteiger partial charge >= 0.3 is 5.97 Å². The second-order valence-corrected chi connectivity index (χ2v) is 5.67. The largest absolute Gasteiger partial charge is 0.468 e. The van der Waals surface area contributed by atoms with Gasteiger partial charge < -0.3 is 19.5 Å². The molecule has 0 unspecified atom stereocenters. The summed E-state index contributed by atoms with van der Waals surface area (Å²) in [6.45, 7) is 6.37. The fraction of sp³-hybridized carbons (Fsp3) is 0.643. The van der Waals surface area contributed by atoms with Crippen molar-refractivity contribution in [3.8, 4) is 0 Å². The number of hydrogen-bond acceptors (Lipinski definition) is 6. The molecule has 1 aromatic rings. The highest BCUT2D eigenvalue weighted by atomic mass is 32.1. The van der Waals surface area contributed by atoms with Crippen molar-refractivity contribution in [3.05, 3.63) is 17.5 Å². The van der Waals surface area contributed by atoms with E-state index in [-0.39, 0.29) is 12.5 Å². The van der Waals surface area contributed by atoms with Gasteiger partial charge in [-0.2, -0.15) is 0 Å². The molecule has 0 amide bonds. The Labute approximate surface area is 135 Å². The number of methoxy groups -OCH3 is 1. The second kappa shape index (κ2) is 8.09. The molecule has 0 aliphatic carbocycles. The van der Waals surface area contributed by atoms with Crippen molar-refractivity contribution in [2.45, 2.75) is 19.9 Å². The molecule has 1 saturated heterocycles. The van der Waals surface area contributed by atoms with Crippen LogP contribution >= 0.6 is 12.2 Å². The van der Waals surface area contributed by atoms with E-state index >= 15 is 0 Å². The Kier molecular flexibility index (Phi) is 6.14. The van der Waals surface area contributed by atoms with E-state index < -0.39 is 0 Å². The molecule has 7 nitrogen and oxygen atoms in total. The van der Waals surface area contributed by atoms with E-state index in [4.69, 9.17) is 16.7 Å². The van der Waals surface area contributed by atoms with Crippen molar-refractivity contribution >= 4 is 23.3 Å². The van der Waals surface area contributed by atoms with Gasteiger partial charge in [-0.15, -0.1) is 0 Å². The topological polar surface area (TPSA) is 70.8 Å². The summed E-state index contributed by atoms with van der Waals surface area (Å²) in [5.41, 5.74) is 0.956. The first-order valence-electron chi connectivity index (χ1n) is 7.32. The third-order valence-corrected chi connectivity index (χ3v) is 3.95. The number of carbonyl (C=O) groups excluding carboxylic acids is 1. The number of aryl methyl sites for hydroxylation is 1. The lowest BCUT2D eigenvalue weighted by Crippen LogP contribution is -2.43. The molecule has 1 aromatic heterocycles. The van der Waals surface area contributed by atoms with Crippen molar-refractivity contribution in [2.24, 2.45) is 0 Å². The quantitative estimate of drug-likeness (QED) is 0.635. The van der Waals surface area contributed by atoms with Gasteiger partial charge in [-0.3, -0.25) is 9.69 Å². The number of hydrogen-bond donors (Lipinski definition) is 1. The number of aromatic nitrogens is 1. The summed E-state index contributed by atoms with van der Waals surface area (Å²) in [5.74, 6) is 0.514. The summed E-state index contributed by atoms with van der Waals surface area (Å²) in [6.07, 6.45) is 1.01. The monoisotopic (exact) mass is 326 g/mol. The number of carbonyl (C=O) groups is 1. The average Bonchev–Trinajstić information content (AvgIpc) is 2.78. The van der Waals surface area contributed by atoms with Gasteiger partial charge in [0.1, 0.15) is 12.3 Å². The lowest BCUT2D eigenvalue weighted by atomic mass is 10.3. The maximum absolute atomic E-state index is 11.1. The van der Waals surface area contributed by atoms with E-state index in [0.29, 0.717) is 5.11 Å². The number of nitrogens with one attached hydrogen (secondary N) is 1. The van der Waals surface area contributed by atoms with E-state index in [1.54, 1.807) is 0 Å². The molecule has 2 rings (SSSR count). The molecular formula is C14H22N4O3S. The van der Waals surface area contributed by atoms with Crippen LogP contribution in [0.5, 0.6) is 0 Å². The Bertz CT molecular complexity index is 520. The predicted molar refractivity (Wildman–Crippen MR) is 85.3 cm³/mol. The van der Waals surface area contributed by atoms with Gasteiger partial charge in [0, 0.05) is 38.8 Å². The number of esters is 1. The van der Waals surface area contributed by atoms with Crippen LogP contribution < -0.4 is 5.32 Å². The molecule has 0 saturated carbocycles. The van der Waals surface area contributed by atoms with Crippen LogP contribution in [0.4, 0.5) is 0 Å². The van der Waals surface area contributed by atoms with E-state index in [9.17, 15) is 4.79 Å². The SMILES string of the molecule is COC(=O)CNC(=S)N1CCCN(Cc2cc(C)on2)CC1. The molecule has 1 fully saturated rings. The first-order chi connectivity index (χ1) is 10.6. The molecule has 0 spiro atoms. The molecule has 8 heteroatoms. The minimum atomic E-state index is -0.319. The molecule has 1 N–H and O–H groups in total. The fourth-order valence-electron chi connectivity index (χ4n) is 2.39. The summed E-state index contributed by atoms with van der Waals surface area (Å²) in [4.78, 5) is 15.6. The van der Waals surface area contributed by atoms with E-state index in [1.165, 1.54) is 7.11 Å². The van der Waals surface area contributed by atoms with Crippen LogP contribution in [-0.4, -0.2) is 65.9 Å². The minimum absolute atomic E-state index is 0.105. The summed E-state index contributed by atoms with van der Waals surface area (Å²) < 4.78 is 9.69. The number of thiocarbonyl (C=S) groups is 1. The Balaban J connectivity index is 1.79. The number of rotatable bonds is 4. The maximum Gasteiger partial charge on any atom is 0.325 e. The highest BCUT2D eigenvalue weighted by molar-refractivity contribution is 7.80. The average molecular weight is 326 g/mol. The smallest absolute Gasteiger partial charge is 0.325 e. The zero-order valence-corrected chi connectivity index (χ0v) is 13.8. The number of ether oxygens (including phenoxy) is 1. The molecule has 1 aliphatic rings. The highest BCUT2D eigenvalue weighted by Crippen LogP contribution is 2.09. The van der Waals surface area contributed by atoms with E-state index in [1.807, 2.05) is 13.0 Å². The maximum atomic E-state index is 11.1. The van der Waals surface area contributed by atoms with E-state index in [2.05, 4.69) is 25.0 Å². The van der Waals surface area contributed by atoms with Crippen LogP contribution in [0, 0.1) is 6.92 Å². The Hall–Kier alpha value is -1.67. The summed E-state index contributed by atoms with van der Waals surface area (Å²) >= 11 is 5.33. The summed E-state index contributed by atoms with van der Waals surface area (Å²) in [6, 6.07) is 1.96. The lowest BCUT2D eigenvalue weighted by Gasteiger charge is -2.24. The van der Waals surface area contributed by atoms with Gasteiger partial charge in [0.15, 0.2) is 5.11 Å². The number of nitrogens with zero attached hydrogens (tertiary/aromatic N) is 3. The van der Waals surface area contributed by atoms with Gasteiger partial charge in [0.05, 0.1) is 12.8 Å². The highest BCUT2D eigenvalue weighted by Gasteiger charge is 2.18. The van der Waals surface area contributed by atoms with Crippen LogP contribution in [0.3, 0.4) is 0 Å². The van der Waals surface area contributed by atoms with Crippen molar-refractivity contribution in [1.82, 2.24) is 20.3 Å². The third kappa shape index (κ3) is 4.96. The normalized spacial score (nSPS) is 16.2. The Morgan fingerprint density at radius 1 is 1.45 bits per heavy atom. The van der Waals surface area contributed by atoms with Crippen LogP contribution in [0.15, 0.2) is 10.6 Å². The second-order valence-electron chi connectivity index (χ2n) is 5.28. The third-order valence-electron chi connectivity index (χ3n) is 3.55. The minimum Gasteiger partial charge on any atom is -0.468 e. The molecule has 122 valence electrons. The zero-order chi connectivity index (χ0) is 15.9. The first-order valence-corrected chi connectivity index (χ1v) is 7.73. The molecule has 0 radical (unpaired) electrons. The van der Waals surface area contributed by atoms with Crippen molar-refractivity contribution < 1.29 is 14.1 Å². The summed E-state index contributed by atoms with van der Waals surface area (Å²) in [7, 11) is 1.36. The molecule has 0 aromatic carbocycles. The van der Waals surface area contributed by atoms with Gasteiger partial charge in [0.25, 0.3) is 0 Å². The van der Waals surface area contributed by atoms with Crippen molar-refractivity contribution in [2.75, 3.05) is 39.8 Å². The van der Waals surface area contributed by atoms with Crippen molar-refractivity contribution in [1.29, 1.82) is 0 Å². The van der Waals surface area contributed by atoms with E-state index in [0.717, 1.165) is 50.6 Å². The fourth-order valence-corrected chi connectivity index (χ4v) is 2.64. The van der Waals surface area contributed by atoms with Gasteiger partial charge in [-0.1, -0.05) is 5.16 Å². The molecular weight excluding hydrogens is 304 g/mol. The van der Waals surface area contributed by atoms with Crippen LogP contribution in [-0.2, 0) is 16.1 Å². The molecule has 0 bridgehead atoms. The predicted octanol–water partition coefficient (Wildman–Crippen LogP) is 0.538. The Morgan fingerprint density at radius 2 is 2.27 bits per heavy atom. The molecule has 0 atom stereocenters. The van der Waals surface area contributed by atoms with Crippen molar-refractivity contribution in [3.63, 3.8) is 0 Å². The molecule has 1 aliphatic heterocycles. The Morgan fingerprint density at radius 3 is 2.95 bits per heavy atom. The van der Waals surface area contributed by atoms with Gasteiger partial charge in [-0.05, 0) is 25.6 Å².